The molecule has 7 nitrogen and oxygen atoms in total. The topological polar surface area (TPSA) is 85.0 Å². The number of carbonyl (C=O) groups is 2. The van der Waals surface area contributed by atoms with Crippen molar-refractivity contribution in [3.63, 3.8) is 0 Å². The average Bonchev–Trinajstić information content (AvgIpc) is 2.94. The molecule has 0 atom stereocenters. The zero-order valence-corrected chi connectivity index (χ0v) is 12.9. The van der Waals surface area contributed by atoms with Crippen LogP contribution in [0.1, 0.15) is 22.5 Å². The summed E-state index contributed by atoms with van der Waals surface area (Å²) in [5.41, 5.74) is 0.510. The molecule has 7 heteroatoms. The summed E-state index contributed by atoms with van der Waals surface area (Å²) in [6.45, 7) is 7.20. The second-order valence-corrected chi connectivity index (χ2v) is 5.36. The van der Waals surface area contributed by atoms with Gasteiger partial charge in [-0.3, -0.25) is 9.59 Å². The third-order valence-corrected chi connectivity index (χ3v) is 3.74. The first kappa shape index (κ1) is 16.5. The zero-order valence-electron chi connectivity index (χ0n) is 12.9. The number of nitrogens with one attached hydrogen (secondary N) is 3. The minimum Gasteiger partial charge on any atom is -0.469 e. The molecular weight excluding hydrogens is 286 g/mol. The number of hydrogen-bond acceptors (Lipinski definition) is 4. The average molecular weight is 310 g/mol. The molecule has 1 aliphatic heterocycles. The third-order valence-electron chi connectivity index (χ3n) is 3.74. The molecule has 22 heavy (non-hydrogen) atoms. The summed E-state index contributed by atoms with van der Waals surface area (Å²) in [5, 5.41) is 5.59. The van der Waals surface area contributed by atoms with Gasteiger partial charge in [0.25, 0.3) is 5.91 Å². The van der Waals surface area contributed by atoms with Gasteiger partial charge in [0.2, 0.25) is 5.91 Å². The number of morpholine rings is 1. The monoisotopic (exact) mass is 310 g/mol. The van der Waals surface area contributed by atoms with Gasteiger partial charge in [0, 0.05) is 13.0 Å². The highest BCUT2D eigenvalue weighted by atomic mass is 16.5. The Bertz CT molecular complexity index is 495. The lowest BCUT2D eigenvalue weighted by Gasteiger charge is -2.23. The van der Waals surface area contributed by atoms with E-state index < -0.39 is 0 Å². The van der Waals surface area contributed by atoms with Crippen LogP contribution < -0.4 is 15.5 Å². The number of carbonyl (C=O) groups excluding carboxylic acids is 2. The molecule has 2 rings (SSSR count). The fraction of sp³-hybridized carbons (Fsp3) is 0.600. The van der Waals surface area contributed by atoms with Crippen LogP contribution in [-0.2, 0) is 9.53 Å². The second kappa shape index (κ2) is 8.55. The first-order valence-electron chi connectivity index (χ1n) is 7.67. The maximum atomic E-state index is 11.8. The molecule has 1 aromatic rings. The summed E-state index contributed by atoms with van der Waals surface area (Å²) < 4.78 is 10.4. The van der Waals surface area contributed by atoms with Crippen LogP contribution in [-0.4, -0.2) is 57.8 Å². The lowest BCUT2D eigenvalue weighted by Crippen LogP contribution is -3.14. The van der Waals surface area contributed by atoms with E-state index in [2.05, 4.69) is 10.6 Å². The summed E-state index contributed by atoms with van der Waals surface area (Å²) in [7, 11) is 0. The fourth-order valence-corrected chi connectivity index (χ4v) is 2.38. The van der Waals surface area contributed by atoms with Crippen LogP contribution in [0.2, 0.25) is 0 Å². The van der Waals surface area contributed by atoms with Gasteiger partial charge in [0.15, 0.2) is 0 Å². The van der Waals surface area contributed by atoms with E-state index in [0.29, 0.717) is 24.4 Å². The van der Waals surface area contributed by atoms with E-state index in [1.54, 1.807) is 13.0 Å². The molecule has 0 radical (unpaired) electrons. The molecule has 0 saturated carbocycles. The molecule has 3 N–H and O–H groups in total. The first-order valence-corrected chi connectivity index (χ1v) is 7.67. The van der Waals surface area contributed by atoms with Crippen LogP contribution in [0.25, 0.3) is 0 Å². The van der Waals surface area contributed by atoms with Gasteiger partial charge in [0.1, 0.15) is 18.8 Å². The Kier molecular flexibility index (Phi) is 6.42. The van der Waals surface area contributed by atoms with Crippen LogP contribution >= 0.6 is 0 Å². The number of quaternary nitrogens is 1. The Balaban J connectivity index is 1.56. The number of ether oxygens (including phenoxy) is 1. The van der Waals surface area contributed by atoms with Crippen LogP contribution in [0.4, 0.5) is 0 Å². The van der Waals surface area contributed by atoms with Gasteiger partial charge in [-0.1, -0.05) is 0 Å². The summed E-state index contributed by atoms with van der Waals surface area (Å²) in [4.78, 5) is 25.0. The summed E-state index contributed by atoms with van der Waals surface area (Å²) in [6, 6.07) is 1.62. The predicted octanol–water partition coefficient (Wildman–Crippen LogP) is -1.26. The number of aryl methyl sites for hydroxylation is 1. The molecule has 1 fully saturated rings. The minimum absolute atomic E-state index is 0.0446. The fourth-order valence-electron chi connectivity index (χ4n) is 2.38. The molecule has 1 aromatic heterocycles. The molecular formula is C15H24N3O4+. The molecule has 0 unspecified atom stereocenters. The first-order chi connectivity index (χ1) is 10.7. The highest BCUT2D eigenvalue weighted by Gasteiger charge is 2.14. The molecule has 0 aromatic carbocycles. The van der Waals surface area contributed by atoms with Gasteiger partial charge < -0.3 is 24.7 Å². The lowest BCUT2D eigenvalue weighted by molar-refractivity contribution is -0.906. The molecule has 1 saturated heterocycles. The maximum Gasteiger partial charge on any atom is 0.254 e. The summed E-state index contributed by atoms with van der Waals surface area (Å²) >= 11 is 0. The van der Waals surface area contributed by atoms with Crippen molar-refractivity contribution in [2.75, 3.05) is 45.9 Å². The van der Waals surface area contributed by atoms with Crippen LogP contribution in [0.3, 0.4) is 0 Å². The van der Waals surface area contributed by atoms with E-state index in [1.807, 2.05) is 0 Å². The molecule has 0 spiro atoms. The molecule has 0 bridgehead atoms. The quantitative estimate of drug-likeness (QED) is 0.587. The van der Waals surface area contributed by atoms with Crippen LogP contribution in [0.15, 0.2) is 16.7 Å². The Morgan fingerprint density at radius 3 is 2.68 bits per heavy atom. The molecule has 2 amide bonds. The highest BCUT2D eigenvalue weighted by Crippen LogP contribution is 2.07. The Morgan fingerprint density at radius 2 is 2.00 bits per heavy atom. The van der Waals surface area contributed by atoms with E-state index in [1.165, 1.54) is 11.2 Å². The lowest BCUT2D eigenvalue weighted by atomic mass is 10.2. The van der Waals surface area contributed by atoms with Crippen molar-refractivity contribution < 1.29 is 23.6 Å². The summed E-state index contributed by atoms with van der Waals surface area (Å²) in [6.07, 6.45) is 1.76. The number of amides is 2. The van der Waals surface area contributed by atoms with Gasteiger partial charge in [-0.25, -0.2) is 0 Å². The second-order valence-electron chi connectivity index (χ2n) is 5.36. The van der Waals surface area contributed by atoms with Gasteiger partial charge in [-0.05, 0) is 13.0 Å². The Morgan fingerprint density at radius 1 is 1.23 bits per heavy atom. The van der Waals surface area contributed by atoms with Crippen molar-refractivity contribution >= 4 is 11.8 Å². The van der Waals surface area contributed by atoms with Crippen molar-refractivity contribution in [2.24, 2.45) is 0 Å². The Labute approximate surface area is 130 Å². The van der Waals surface area contributed by atoms with E-state index in [4.69, 9.17) is 9.15 Å². The van der Waals surface area contributed by atoms with Crippen LogP contribution in [0, 0.1) is 6.92 Å². The third kappa shape index (κ3) is 5.16. The maximum absolute atomic E-state index is 11.8. The van der Waals surface area contributed by atoms with E-state index >= 15 is 0 Å². The molecule has 1 aliphatic rings. The zero-order chi connectivity index (χ0) is 15.8. The normalized spacial score (nSPS) is 15.5. The van der Waals surface area contributed by atoms with Gasteiger partial charge in [0.05, 0.1) is 38.1 Å². The van der Waals surface area contributed by atoms with Crippen molar-refractivity contribution in [1.82, 2.24) is 10.6 Å². The van der Waals surface area contributed by atoms with E-state index in [-0.39, 0.29) is 18.2 Å². The van der Waals surface area contributed by atoms with Crippen molar-refractivity contribution in [3.05, 3.63) is 23.7 Å². The standard InChI is InChI=1S/C15H23N3O4/c1-12-13(3-9-22-12)15(20)17-4-2-14(19)16-5-6-18-7-10-21-11-8-18/h3,9H,2,4-8,10-11H2,1H3,(H,16,19)(H,17,20)/p+1. The van der Waals surface area contributed by atoms with E-state index in [9.17, 15) is 9.59 Å². The smallest absolute Gasteiger partial charge is 0.254 e. The van der Waals surface area contributed by atoms with Crippen molar-refractivity contribution in [1.29, 1.82) is 0 Å². The minimum atomic E-state index is -0.211. The molecule has 0 aliphatic carbocycles. The van der Waals surface area contributed by atoms with Gasteiger partial charge in [-0.2, -0.15) is 0 Å². The Hall–Kier alpha value is -1.86. The van der Waals surface area contributed by atoms with Crippen molar-refractivity contribution in [2.45, 2.75) is 13.3 Å². The number of rotatable bonds is 7. The van der Waals surface area contributed by atoms with Crippen molar-refractivity contribution in [3.8, 4) is 0 Å². The molecule has 2 heterocycles. The molecule has 122 valence electrons. The van der Waals surface area contributed by atoms with Crippen LogP contribution in [0.5, 0.6) is 0 Å². The largest absolute Gasteiger partial charge is 0.469 e. The number of furan rings is 1. The predicted molar refractivity (Wildman–Crippen MR) is 79.8 cm³/mol. The van der Waals surface area contributed by atoms with Gasteiger partial charge >= 0.3 is 0 Å². The SMILES string of the molecule is Cc1occc1C(=O)NCCC(=O)NCC[NH+]1CCOCC1. The van der Waals surface area contributed by atoms with Gasteiger partial charge in [-0.15, -0.1) is 0 Å². The number of hydrogen-bond donors (Lipinski definition) is 3. The van der Waals surface area contributed by atoms with E-state index in [0.717, 1.165) is 32.8 Å². The summed E-state index contributed by atoms with van der Waals surface area (Å²) in [5.74, 6) is 0.323. The highest BCUT2D eigenvalue weighted by molar-refractivity contribution is 5.95.